The molecule has 166 valence electrons. The number of aryl methyl sites for hydroxylation is 1. The number of aromatic nitrogens is 3. The second kappa shape index (κ2) is 7.87. The van der Waals surface area contributed by atoms with E-state index in [1.807, 2.05) is 0 Å². The average Bonchev–Trinajstić information content (AvgIpc) is 3.40. The monoisotopic (exact) mass is 499 g/mol. The van der Waals surface area contributed by atoms with Crippen molar-refractivity contribution >= 4 is 56.7 Å². The Balaban J connectivity index is 1.84. The summed E-state index contributed by atoms with van der Waals surface area (Å²) >= 11 is 8.57. The lowest BCUT2D eigenvalue weighted by Gasteiger charge is -2.10. The number of alkyl halides is 3. The fourth-order valence-electron chi connectivity index (χ4n) is 3.06. The summed E-state index contributed by atoms with van der Waals surface area (Å²) in [6, 6.07) is 4.15. The van der Waals surface area contributed by atoms with Gasteiger partial charge in [0, 0.05) is 4.88 Å². The quantitative estimate of drug-likeness (QED) is 0.405. The van der Waals surface area contributed by atoms with Gasteiger partial charge in [-0.3, -0.25) is 9.59 Å². The fourth-order valence-corrected chi connectivity index (χ4v) is 5.06. The Hall–Kier alpha value is -2.96. The van der Waals surface area contributed by atoms with Gasteiger partial charge in [0.05, 0.1) is 16.1 Å². The number of thiophene rings is 2. The number of halogens is 4. The first-order chi connectivity index (χ1) is 15.0. The fraction of sp³-hybridized carbons (Fsp3) is 0.158. The van der Waals surface area contributed by atoms with Gasteiger partial charge in [0.25, 0.3) is 11.8 Å². The van der Waals surface area contributed by atoms with Crippen molar-refractivity contribution in [3.8, 4) is 10.6 Å². The minimum absolute atomic E-state index is 0.0501. The van der Waals surface area contributed by atoms with Crippen molar-refractivity contribution in [1.29, 1.82) is 0 Å². The third-order valence-corrected chi connectivity index (χ3v) is 7.03. The number of hydrogen-bond donors (Lipinski definition) is 2. The third-order valence-electron chi connectivity index (χ3n) is 4.67. The van der Waals surface area contributed by atoms with Crippen molar-refractivity contribution < 1.29 is 22.8 Å². The molecule has 0 fully saturated rings. The Bertz CT molecular complexity index is 1380. The van der Waals surface area contributed by atoms with Gasteiger partial charge in [-0.25, -0.2) is 9.50 Å². The van der Waals surface area contributed by atoms with Crippen molar-refractivity contribution in [2.45, 2.75) is 20.0 Å². The Kier molecular flexibility index (Phi) is 5.47. The minimum Gasteiger partial charge on any atom is -0.365 e. The molecule has 0 atom stereocenters. The normalized spacial score (nSPS) is 11.8. The largest absolute Gasteiger partial charge is 0.433 e. The molecule has 13 heteroatoms. The van der Waals surface area contributed by atoms with E-state index in [-0.39, 0.29) is 26.9 Å². The zero-order chi connectivity index (χ0) is 23.4. The standard InChI is InChI=1S/C19H13ClF3N5O2S2/c1-7-8(2)32-18(12(7)15(24)29)26-17(30)14-13(20)16-25-9(10-4-3-5-31-10)6-11(19(21,22)23)28(16)27-14/h3-6H,1-2H3,(H2,24,29)(H,26,30). The highest BCUT2D eigenvalue weighted by Crippen LogP contribution is 2.36. The Morgan fingerprint density at radius 1 is 1.28 bits per heavy atom. The SMILES string of the molecule is Cc1sc(NC(=O)c2nn3c(C(F)(F)F)cc(-c4cccs4)nc3c2Cl)c(C(N)=O)c1C. The molecule has 0 saturated carbocycles. The van der Waals surface area contributed by atoms with Crippen LogP contribution in [0.3, 0.4) is 0 Å². The number of rotatable bonds is 4. The van der Waals surface area contributed by atoms with E-state index >= 15 is 0 Å². The van der Waals surface area contributed by atoms with E-state index < -0.39 is 29.4 Å². The maximum absolute atomic E-state index is 13.7. The third kappa shape index (κ3) is 3.74. The molecule has 2 amide bonds. The van der Waals surface area contributed by atoms with Crippen molar-refractivity contribution in [2.75, 3.05) is 5.32 Å². The number of anilines is 1. The molecule has 32 heavy (non-hydrogen) atoms. The van der Waals surface area contributed by atoms with Crippen LogP contribution in [0.4, 0.5) is 18.2 Å². The number of primary amides is 1. The number of amides is 2. The van der Waals surface area contributed by atoms with Gasteiger partial charge >= 0.3 is 6.18 Å². The number of nitrogens with two attached hydrogens (primary N) is 1. The first-order valence-electron chi connectivity index (χ1n) is 8.90. The molecule has 0 spiro atoms. The van der Waals surface area contributed by atoms with Crippen LogP contribution in [0.2, 0.25) is 5.02 Å². The molecule has 0 unspecified atom stereocenters. The van der Waals surface area contributed by atoms with Gasteiger partial charge in [0.1, 0.15) is 10.0 Å². The topological polar surface area (TPSA) is 102 Å². The van der Waals surface area contributed by atoms with E-state index in [0.29, 0.717) is 15.0 Å². The van der Waals surface area contributed by atoms with E-state index in [2.05, 4.69) is 15.4 Å². The van der Waals surface area contributed by atoms with Gasteiger partial charge < -0.3 is 11.1 Å². The molecule has 7 nitrogen and oxygen atoms in total. The summed E-state index contributed by atoms with van der Waals surface area (Å²) < 4.78 is 41.7. The molecule has 0 aromatic carbocycles. The molecule has 0 aliphatic carbocycles. The summed E-state index contributed by atoms with van der Waals surface area (Å²) in [4.78, 5) is 30.1. The van der Waals surface area contributed by atoms with Crippen molar-refractivity contribution in [1.82, 2.24) is 14.6 Å². The first-order valence-corrected chi connectivity index (χ1v) is 11.0. The summed E-state index contributed by atoms with van der Waals surface area (Å²) in [5.41, 5.74) is 4.26. The van der Waals surface area contributed by atoms with Crippen LogP contribution in [0.15, 0.2) is 23.6 Å². The molecule has 0 bridgehead atoms. The van der Waals surface area contributed by atoms with E-state index in [9.17, 15) is 22.8 Å². The van der Waals surface area contributed by atoms with Crippen LogP contribution in [-0.4, -0.2) is 26.4 Å². The molecule has 4 heterocycles. The van der Waals surface area contributed by atoms with Crippen LogP contribution in [0.5, 0.6) is 0 Å². The van der Waals surface area contributed by atoms with E-state index in [4.69, 9.17) is 17.3 Å². The van der Waals surface area contributed by atoms with Crippen LogP contribution in [0.25, 0.3) is 16.2 Å². The van der Waals surface area contributed by atoms with Gasteiger partial charge in [-0.2, -0.15) is 18.3 Å². The van der Waals surface area contributed by atoms with Crippen LogP contribution < -0.4 is 11.1 Å². The second-order valence-electron chi connectivity index (χ2n) is 6.71. The number of fused-ring (bicyclic) bond motifs is 1. The summed E-state index contributed by atoms with van der Waals surface area (Å²) in [7, 11) is 0. The number of nitrogens with one attached hydrogen (secondary N) is 1. The second-order valence-corrected chi connectivity index (χ2v) is 9.26. The van der Waals surface area contributed by atoms with Crippen molar-refractivity contribution in [2.24, 2.45) is 5.73 Å². The van der Waals surface area contributed by atoms with Gasteiger partial charge in [-0.1, -0.05) is 17.7 Å². The van der Waals surface area contributed by atoms with Crippen LogP contribution in [0, 0.1) is 13.8 Å². The molecule has 3 N–H and O–H groups in total. The lowest BCUT2D eigenvalue weighted by atomic mass is 10.1. The highest BCUT2D eigenvalue weighted by atomic mass is 35.5. The van der Waals surface area contributed by atoms with Crippen LogP contribution in [-0.2, 0) is 6.18 Å². The number of hydrogen-bond acceptors (Lipinski definition) is 6. The zero-order valence-electron chi connectivity index (χ0n) is 16.4. The number of carbonyl (C=O) groups excluding carboxylic acids is 2. The molecular formula is C19H13ClF3N5O2S2. The van der Waals surface area contributed by atoms with Gasteiger partial charge in [-0.05, 0) is 36.9 Å². The molecule has 4 aromatic heterocycles. The molecule has 0 saturated heterocycles. The van der Waals surface area contributed by atoms with Crippen LogP contribution in [0.1, 0.15) is 37.0 Å². The summed E-state index contributed by atoms with van der Waals surface area (Å²) in [5, 5.41) is 7.78. The summed E-state index contributed by atoms with van der Waals surface area (Å²) in [6.07, 6.45) is -4.78. The zero-order valence-corrected chi connectivity index (χ0v) is 18.8. The van der Waals surface area contributed by atoms with Gasteiger partial charge in [-0.15, -0.1) is 22.7 Å². The smallest absolute Gasteiger partial charge is 0.365 e. The predicted octanol–water partition coefficient (Wildman–Crippen LogP) is 5.16. The minimum atomic E-state index is -4.78. The van der Waals surface area contributed by atoms with E-state index in [1.165, 1.54) is 11.3 Å². The maximum Gasteiger partial charge on any atom is 0.433 e. The molecular weight excluding hydrogens is 487 g/mol. The highest BCUT2D eigenvalue weighted by molar-refractivity contribution is 7.17. The summed E-state index contributed by atoms with van der Waals surface area (Å²) in [6.45, 7) is 3.41. The molecule has 4 aromatic rings. The Morgan fingerprint density at radius 2 is 2.00 bits per heavy atom. The summed E-state index contributed by atoms with van der Waals surface area (Å²) in [5.74, 6) is -1.64. The highest BCUT2D eigenvalue weighted by Gasteiger charge is 2.37. The molecule has 0 aliphatic heterocycles. The lowest BCUT2D eigenvalue weighted by molar-refractivity contribution is -0.142. The lowest BCUT2D eigenvalue weighted by Crippen LogP contribution is -2.18. The van der Waals surface area contributed by atoms with E-state index in [0.717, 1.165) is 22.3 Å². The van der Waals surface area contributed by atoms with Gasteiger partial charge in [0.2, 0.25) is 0 Å². The molecule has 4 rings (SSSR count). The van der Waals surface area contributed by atoms with E-state index in [1.54, 1.807) is 31.4 Å². The predicted molar refractivity (Wildman–Crippen MR) is 117 cm³/mol. The maximum atomic E-state index is 13.7. The van der Waals surface area contributed by atoms with Gasteiger partial charge in [0.15, 0.2) is 17.0 Å². The molecule has 0 radical (unpaired) electrons. The number of carbonyl (C=O) groups is 2. The van der Waals surface area contributed by atoms with Crippen LogP contribution >= 0.6 is 34.3 Å². The Labute approximate surface area is 191 Å². The Morgan fingerprint density at radius 3 is 2.59 bits per heavy atom. The molecule has 0 aliphatic rings. The first kappa shape index (κ1) is 22.2. The average molecular weight is 500 g/mol. The van der Waals surface area contributed by atoms with Crippen molar-refractivity contribution in [3.05, 3.63) is 56.0 Å². The number of nitrogens with zero attached hydrogens (tertiary/aromatic N) is 3. The van der Waals surface area contributed by atoms with Crippen molar-refractivity contribution in [3.63, 3.8) is 0 Å².